The Hall–Kier alpha value is -3.37. The van der Waals surface area contributed by atoms with Gasteiger partial charge in [0, 0.05) is 0 Å². The predicted octanol–water partition coefficient (Wildman–Crippen LogP) is 5.39. The van der Waals surface area contributed by atoms with Crippen LogP contribution < -0.4 is 5.32 Å². The van der Waals surface area contributed by atoms with Crippen molar-refractivity contribution < 1.29 is 13.6 Å². The van der Waals surface area contributed by atoms with E-state index < -0.39 is 0 Å². The van der Waals surface area contributed by atoms with Gasteiger partial charge in [0.2, 0.25) is 0 Å². The number of hydrogen-bond acceptors (Lipinski definition) is 4. The first kappa shape index (κ1) is 17.7. The Bertz CT molecular complexity index is 970. The number of benzene rings is 2. The van der Waals surface area contributed by atoms with E-state index in [0.29, 0.717) is 0 Å². The molecule has 0 radical (unpaired) electrons. The van der Waals surface area contributed by atoms with Crippen molar-refractivity contribution in [3.05, 3.63) is 120 Å². The van der Waals surface area contributed by atoms with Crippen LogP contribution >= 0.6 is 0 Å². The third kappa shape index (κ3) is 3.22. The summed E-state index contributed by atoms with van der Waals surface area (Å²) in [4.78, 5) is 14.0. The monoisotopic (exact) mass is 383 g/mol. The fraction of sp³-hybridized carbons (Fsp3) is 0.160. The van der Waals surface area contributed by atoms with Crippen LogP contribution in [-0.2, 0) is 4.79 Å². The predicted molar refractivity (Wildman–Crippen MR) is 109 cm³/mol. The Kier molecular flexibility index (Phi) is 4.62. The molecule has 1 saturated heterocycles. The molecule has 0 amide bonds. The first-order valence-electron chi connectivity index (χ1n) is 9.79. The van der Waals surface area contributed by atoms with Gasteiger partial charge in [-0.15, -0.1) is 0 Å². The molecule has 2 aromatic carbocycles. The molecule has 4 atom stereocenters. The lowest BCUT2D eigenvalue weighted by atomic mass is 9.71. The largest absolute Gasteiger partial charge is 0.468 e. The smallest absolute Gasteiger partial charge is 0.151 e. The van der Waals surface area contributed by atoms with Crippen LogP contribution in [0.25, 0.3) is 0 Å². The van der Waals surface area contributed by atoms with Crippen molar-refractivity contribution in [2.75, 3.05) is 0 Å². The van der Waals surface area contributed by atoms with Crippen molar-refractivity contribution in [2.45, 2.75) is 23.9 Å². The SMILES string of the molecule is O=C1[C@H](c2ccccc2)[C@H](c2ccco2)N[C@@H](c2ccco2)[C@H]1c1ccccc1. The van der Waals surface area contributed by atoms with Gasteiger partial charge in [0.15, 0.2) is 5.78 Å². The Morgan fingerprint density at radius 2 is 1.03 bits per heavy atom. The minimum absolute atomic E-state index is 0.156. The summed E-state index contributed by atoms with van der Waals surface area (Å²) in [5.74, 6) is 0.923. The minimum atomic E-state index is -0.362. The highest BCUT2D eigenvalue weighted by atomic mass is 16.3. The standard InChI is InChI=1S/C25H21NO3/c27-25-21(17-9-3-1-4-10-17)23(19-13-7-15-28-19)26-24(20-14-8-16-29-20)22(25)18-11-5-2-6-12-18/h1-16,21-24,26H/t21-,22-,23+,24+/m1/s1. The lowest BCUT2D eigenvalue weighted by Gasteiger charge is -2.40. The van der Waals surface area contributed by atoms with E-state index in [1.54, 1.807) is 12.5 Å². The third-order valence-electron chi connectivity index (χ3n) is 5.66. The molecule has 4 heteroatoms. The molecule has 2 aromatic heterocycles. The summed E-state index contributed by atoms with van der Waals surface area (Å²) in [5, 5.41) is 3.68. The molecule has 3 heterocycles. The number of carbonyl (C=O) groups excluding carboxylic acids is 1. The van der Waals surface area contributed by atoms with Crippen LogP contribution in [-0.4, -0.2) is 5.78 Å². The maximum atomic E-state index is 14.0. The molecule has 4 aromatic rings. The number of hydrogen-bond donors (Lipinski definition) is 1. The van der Waals surface area contributed by atoms with Crippen molar-refractivity contribution in [3.8, 4) is 0 Å². The maximum Gasteiger partial charge on any atom is 0.151 e. The summed E-state index contributed by atoms with van der Waals surface area (Å²) in [6.45, 7) is 0. The molecule has 5 rings (SSSR count). The fourth-order valence-electron chi connectivity index (χ4n) is 4.37. The van der Waals surface area contributed by atoms with Gasteiger partial charge in [-0.25, -0.2) is 0 Å². The molecule has 1 aliphatic rings. The summed E-state index contributed by atoms with van der Waals surface area (Å²) in [6.07, 6.45) is 3.30. The van der Waals surface area contributed by atoms with Crippen molar-refractivity contribution in [1.29, 1.82) is 0 Å². The van der Waals surface area contributed by atoms with Crippen molar-refractivity contribution >= 4 is 5.78 Å². The number of Topliss-reactive ketones (excluding diaryl/α,β-unsaturated/α-hetero) is 1. The van der Waals surface area contributed by atoms with Gasteiger partial charge in [-0.1, -0.05) is 60.7 Å². The zero-order chi connectivity index (χ0) is 19.6. The van der Waals surface area contributed by atoms with E-state index in [2.05, 4.69) is 5.32 Å². The second-order valence-electron chi connectivity index (χ2n) is 7.33. The summed E-state index contributed by atoms with van der Waals surface area (Å²) >= 11 is 0. The Balaban J connectivity index is 1.66. The van der Waals surface area contributed by atoms with Gasteiger partial charge < -0.3 is 8.83 Å². The first-order chi connectivity index (χ1) is 14.3. The molecular formula is C25H21NO3. The number of rotatable bonds is 4. The van der Waals surface area contributed by atoms with E-state index >= 15 is 0 Å². The van der Waals surface area contributed by atoms with Crippen LogP contribution in [0.4, 0.5) is 0 Å². The number of ketones is 1. The first-order valence-corrected chi connectivity index (χ1v) is 9.79. The van der Waals surface area contributed by atoms with Crippen LogP contribution in [0.1, 0.15) is 46.6 Å². The molecule has 4 nitrogen and oxygen atoms in total. The number of carbonyl (C=O) groups is 1. The van der Waals surface area contributed by atoms with E-state index in [-0.39, 0.29) is 29.7 Å². The highest BCUT2D eigenvalue weighted by Crippen LogP contribution is 2.47. The van der Waals surface area contributed by atoms with Crippen LogP contribution in [0.15, 0.2) is 106 Å². The van der Waals surface area contributed by atoms with Gasteiger partial charge >= 0.3 is 0 Å². The molecule has 0 spiro atoms. The second-order valence-corrected chi connectivity index (χ2v) is 7.33. The summed E-state index contributed by atoms with van der Waals surface area (Å²) in [7, 11) is 0. The van der Waals surface area contributed by atoms with Crippen LogP contribution in [0, 0.1) is 0 Å². The number of nitrogens with one attached hydrogen (secondary N) is 1. The van der Waals surface area contributed by atoms with Gasteiger partial charge in [-0.05, 0) is 35.4 Å². The van der Waals surface area contributed by atoms with Crippen LogP contribution in [0.2, 0.25) is 0 Å². The average Bonchev–Trinajstić information content (AvgIpc) is 3.49. The molecule has 29 heavy (non-hydrogen) atoms. The lowest BCUT2D eigenvalue weighted by molar-refractivity contribution is -0.126. The van der Waals surface area contributed by atoms with Gasteiger partial charge in [0.25, 0.3) is 0 Å². The van der Waals surface area contributed by atoms with Crippen LogP contribution in [0.3, 0.4) is 0 Å². The number of piperidine rings is 1. The van der Waals surface area contributed by atoms with Crippen molar-refractivity contribution in [3.63, 3.8) is 0 Å². The molecule has 144 valence electrons. The average molecular weight is 383 g/mol. The topological polar surface area (TPSA) is 55.4 Å². The van der Waals surface area contributed by atoms with E-state index in [1.807, 2.05) is 84.9 Å². The van der Waals surface area contributed by atoms with E-state index in [1.165, 1.54) is 0 Å². The fourth-order valence-corrected chi connectivity index (χ4v) is 4.37. The molecule has 1 fully saturated rings. The quantitative estimate of drug-likeness (QED) is 0.513. The summed E-state index contributed by atoms with van der Waals surface area (Å²) in [5.41, 5.74) is 1.95. The molecule has 0 aliphatic carbocycles. The van der Waals surface area contributed by atoms with Crippen LogP contribution in [0.5, 0.6) is 0 Å². The van der Waals surface area contributed by atoms with Gasteiger partial charge in [-0.3, -0.25) is 10.1 Å². The van der Waals surface area contributed by atoms with Crippen molar-refractivity contribution in [1.82, 2.24) is 5.32 Å². The van der Waals surface area contributed by atoms with E-state index in [4.69, 9.17) is 8.83 Å². The Labute approximate surface area is 169 Å². The van der Waals surface area contributed by atoms with E-state index in [0.717, 1.165) is 22.6 Å². The zero-order valence-corrected chi connectivity index (χ0v) is 15.8. The highest BCUT2D eigenvalue weighted by Gasteiger charge is 2.47. The Morgan fingerprint density at radius 1 is 0.586 bits per heavy atom. The molecule has 1 N–H and O–H groups in total. The second kappa shape index (κ2) is 7.57. The van der Waals surface area contributed by atoms with Gasteiger partial charge in [0.1, 0.15) is 11.5 Å². The molecule has 0 bridgehead atoms. The Morgan fingerprint density at radius 3 is 1.41 bits per heavy atom. The molecule has 0 saturated carbocycles. The normalized spacial score (nSPS) is 24.5. The third-order valence-corrected chi connectivity index (χ3v) is 5.66. The number of furan rings is 2. The maximum absolute atomic E-state index is 14.0. The van der Waals surface area contributed by atoms with Gasteiger partial charge in [-0.2, -0.15) is 0 Å². The molecule has 1 aliphatic heterocycles. The summed E-state index contributed by atoms with van der Waals surface area (Å²) < 4.78 is 11.5. The lowest BCUT2D eigenvalue weighted by Crippen LogP contribution is -2.46. The highest BCUT2D eigenvalue weighted by molar-refractivity contribution is 5.94. The van der Waals surface area contributed by atoms with E-state index in [9.17, 15) is 4.79 Å². The molecule has 0 unspecified atom stereocenters. The molecular weight excluding hydrogens is 362 g/mol. The minimum Gasteiger partial charge on any atom is -0.468 e. The van der Waals surface area contributed by atoms with Gasteiger partial charge in [0.05, 0.1) is 36.4 Å². The van der Waals surface area contributed by atoms with Crippen molar-refractivity contribution in [2.24, 2.45) is 0 Å². The zero-order valence-electron chi connectivity index (χ0n) is 15.8. The summed E-state index contributed by atoms with van der Waals surface area (Å²) in [6, 6.07) is 26.8.